The largest absolute Gasteiger partial charge is 0.398 e. The fourth-order valence-electron chi connectivity index (χ4n) is 4.47. The number of carbonyl (C=O) groups excluding carboxylic acids is 1. The van der Waals surface area contributed by atoms with Crippen LogP contribution in [0.1, 0.15) is 19.3 Å². The highest BCUT2D eigenvalue weighted by Gasteiger charge is 2.54. The van der Waals surface area contributed by atoms with E-state index in [1.54, 1.807) is 12.3 Å². The summed E-state index contributed by atoms with van der Waals surface area (Å²) in [4.78, 5) is 25.7. The Morgan fingerprint density at radius 2 is 1.97 bits per heavy atom. The molecule has 0 saturated carbocycles. The molecule has 1 saturated heterocycles. The topological polar surface area (TPSA) is 70.2 Å². The van der Waals surface area contributed by atoms with Gasteiger partial charge < -0.3 is 10.0 Å². The maximum Gasteiger partial charge on any atom is 0.398 e. The summed E-state index contributed by atoms with van der Waals surface area (Å²) in [5.41, 5.74) is 2.10. The van der Waals surface area contributed by atoms with Gasteiger partial charge >= 0.3 is 6.18 Å². The Kier molecular flexibility index (Phi) is 4.90. The number of alkyl halides is 3. The Hall–Kier alpha value is -2.73. The van der Waals surface area contributed by atoms with Gasteiger partial charge in [-0.15, -0.1) is 0 Å². The zero-order valence-corrected chi connectivity index (χ0v) is 15.5. The van der Waals surface area contributed by atoms with Crippen LogP contribution in [0.5, 0.6) is 0 Å². The fraction of sp³-hybridized carbons (Fsp3) is 0.500. The van der Waals surface area contributed by atoms with E-state index in [-0.39, 0.29) is 24.5 Å². The number of Topliss-reactive ketones (excluding diaryl/α,β-unsaturated/α-hetero) is 1. The zero-order chi connectivity index (χ0) is 20.8. The van der Waals surface area contributed by atoms with Crippen LogP contribution in [0.3, 0.4) is 0 Å². The third kappa shape index (κ3) is 3.53. The van der Waals surface area contributed by atoms with Gasteiger partial charge in [-0.1, -0.05) is 0 Å². The Morgan fingerprint density at radius 1 is 1.24 bits per heavy atom. The monoisotopic (exact) mass is 404 g/mol. The number of ketones is 1. The average molecular weight is 404 g/mol. The molecule has 0 spiro atoms. The molecule has 9 heteroatoms. The van der Waals surface area contributed by atoms with E-state index < -0.39 is 24.0 Å². The number of hydrogen-bond donors (Lipinski definition) is 1. The molecule has 4 rings (SSSR count). The Morgan fingerprint density at radius 3 is 2.62 bits per heavy atom. The average Bonchev–Trinajstić information content (AvgIpc) is 3.10. The van der Waals surface area contributed by atoms with Crippen LogP contribution in [-0.4, -0.2) is 53.5 Å². The van der Waals surface area contributed by atoms with Crippen molar-refractivity contribution in [2.75, 3.05) is 24.5 Å². The van der Waals surface area contributed by atoms with Gasteiger partial charge in [0, 0.05) is 49.2 Å². The molecule has 2 atom stereocenters. The lowest BCUT2D eigenvalue weighted by Crippen LogP contribution is -2.46. The molecule has 152 valence electrons. The lowest BCUT2D eigenvalue weighted by atomic mass is 9.74. The third-order valence-corrected chi connectivity index (χ3v) is 5.88. The molecular weight excluding hydrogens is 385 g/mol. The molecule has 0 radical (unpaired) electrons. The standard InChI is InChI=1S/C20H19F3N4O2/c1-24-13-7-14(10-25-9-13)27-4-2-11(3-5-27)18-16-12(8-26-18)6-15(28)19(29)17(16)20(21,22)23/h7,9-11,17,19,29H,2-6,8H2/t17-,19+/m1/s1. The minimum Gasteiger partial charge on any atom is -0.384 e. The smallest absolute Gasteiger partial charge is 0.384 e. The molecule has 0 bridgehead atoms. The number of aliphatic hydroxyl groups is 1. The minimum atomic E-state index is -4.70. The summed E-state index contributed by atoms with van der Waals surface area (Å²) >= 11 is 0. The summed E-state index contributed by atoms with van der Waals surface area (Å²) in [7, 11) is 0. The first-order chi connectivity index (χ1) is 13.8. The molecule has 3 heterocycles. The molecule has 1 aromatic rings. The van der Waals surface area contributed by atoms with E-state index >= 15 is 0 Å². The van der Waals surface area contributed by atoms with Gasteiger partial charge in [0.25, 0.3) is 0 Å². The van der Waals surface area contributed by atoms with Crippen molar-refractivity contribution >= 4 is 22.9 Å². The summed E-state index contributed by atoms with van der Waals surface area (Å²) in [5.74, 6) is -3.12. The Bertz CT molecular complexity index is 940. The Balaban J connectivity index is 1.53. The van der Waals surface area contributed by atoms with Crippen molar-refractivity contribution in [3.63, 3.8) is 0 Å². The highest BCUT2D eigenvalue weighted by molar-refractivity contribution is 6.08. The molecule has 1 N–H and O–H groups in total. The second kappa shape index (κ2) is 7.26. The van der Waals surface area contributed by atoms with Crippen molar-refractivity contribution in [3.05, 3.63) is 41.0 Å². The van der Waals surface area contributed by atoms with Crippen LogP contribution in [0.4, 0.5) is 24.5 Å². The number of aromatic nitrogens is 1. The summed E-state index contributed by atoms with van der Waals surface area (Å²) < 4.78 is 41.0. The van der Waals surface area contributed by atoms with Crippen molar-refractivity contribution in [2.24, 2.45) is 16.8 Å². The molecular formula is C20H19F3N4O2. The number of nitrogens with zero attached hydrogens (tertiary/aromatic N) is 4. The van der Waals surface area contributed by atoms with Crippen LogP contribution in [0.25, 0.3) is 4.85 Å². The summed E-state index contributed by atoms with van der Waals surface area (Å²) in [5, 5.41) is 9.98. The van der Waals surface area contributed by atoms with Crippen LogP contribution in [0.2, 0.25) is 0 Å². The van der Waals surface area contributed by atoms with Crippen molar-refractivity contribution < 1.29 is 23.1 Å². The summed E-state index contributed by atoms with van der Waals surface area (Å²) in [6, 6.07) is 1.75. The molecule has 2 aliphatic heterocycles. The van der Waals surface area contributed by atoms with E-state index in [1.165, 1.54) is 6.20 Å². The highest BCUT2D eigenvalue weighted by atomic mass is 19.4. The molecule has 0 unspecified atom stereocenters. The van der Waals surface area contributed by atoms with Crippen LogP contribution < -0.4 is 4.90 Å². The van der Waals surface area contributed by atoms with E-state index in [0.717, 1.165) is 5.69 Å². The number of halogens is 3. The van der Waals surface area contributed by atoms with Gasteiger partial charge in [-0.2, -0.15) is 13.2 Å². The predicted molar refractivity (Wildman–Crippen MR) is 99.9 cm³/mol. The SMILES string of the molecule is [C-]#[N+]c1cncc(N2CCC(C3=NCC4=C3[C@@H](C(F)(F)F)[C@@H](O)C(=O)C4)CC2)c1. The number of pyridine rings is 1. The first kappa shape index (κ1) is 19.6. The summed E-state index contributed by atoms with van der Waals surface area (Å²) in [6.07, 6.45) is -2.56. The first-order valence-electron chi connectivity index (χ1n) is 9.41. The van der Waals surface area contributed by atoms with Gasteiger partial charge in [0.15, 0.2) is 5.78 Å². The summed E-state index contributed by atoms with van der Waals surface area (Å²) in [6.45, 7) is 8.41. The van der Waals surface area contributed by atoms with Crippen molar-refractivity contribution in [3.8, 4) is 0 Å². The van der Waals surface area contributed by atoms with Crippen molar-refractivity contribution in [2.45, 2.75) is 31.5 Å². The van der Waals surface area contributed by atoms with E-state index in [1.807, 2.05) is 0 Å². The lowest BCUT2D eigenvalue weighted by molar-refractivity contribution is -0.190. The second-order valence-corrected chi connectivity index (χ2v) is 7.60. The van der Waals surface area contributed by atoms with Crippen LogP contribution >= 0.6 is 0 Å². The quantitative estimate of drug-likeness (QED) is 0.769. The molecule has 1 aromatic heterocycles. The van der Waals surface area contributed by atoms with Gasteiger partial charge in [-0.3, -0.25) is 14.8 Å². The number of aliphatic imine (C=N–C) groups is 1. The molecule has 29 heavy (non-hydrogen) atoms. The van der Waals surface area contributed by atoms with Crippen molar-refractivity contribution in [1.82, 2.24) is 4.98 Å². The molecule has 6 nitrogen and oxygen atoms in total. The zero-order valence-electron chi connectivity index (χ0n) is 15.5. The Labute approximate surface area is 165 Å². The predicted octanol–water partition coefficient (Wildman–Crippen LogP) is 3.11. The number of rotatable bonds is 2. The highest BCUT2D eigenvalue weighted by Crippen LogP contribution is 2.45. The fourth-order valence-corrected chi connectivity index (χ4v) is 4.47. The number of aliphatic hydroxyl groups excluding tert-OH is 1. The molecule has 0 amide bonds. The molecule has 0 aromatic carbocycles. The number of hydrogen-bond acceptors (Lipinski definition) is 5. The van der Waals surface area contributed by atoms with Crippen LogP contribution in [0, 0.1) is 18.4 Å². The number of anilines is 1. The van der Waals surface area contributed by atoms with Crippen LogP contribution in [0.15, 0.2) is 34.6 Å². The van der Waals surface area contributed by atoms with E-state index in [2.05, 4.69) is 19.7 Å². The first-order valence-corrected chi connectivity index (χ1v) is 9.41. The van der Waals surface area contributed by atoms with Gasteiger partial charge in [0.05, 0.1) is 13.1 Å². The van der Waals surface area contributed by atoms with E-state index in [4.69, 9.17) is 6.57 Å². The minimum absolute atomic E-state index is 0.0414. The molecule has 3 aliphatic rings. The van der Waals surface area contributed by atoms with Gasteiger partial charge in [-0.25, -0.2) is 4.85 Å². The van der Waals surface area contributed by atoms with E-state index in [0.29, 0.717) is 42.9 Å². The second-order valence-electron chi connectivity index (χ2n) is 7.60. The number of piperidine rings is 1. The maximum atomic E-state index is 13.7. The van der Waals surface area contributed by atoms with Crippen LogP contribution in [-0.2, 0) is 4.79 Å². The van der Waals surface area contributed by atoms with Gasteiger partial charge in [0.1, 0.15) is 12.0 Å². The normalized spacial score (nSPS) is 25.7. The lowest BCUT2D eigenvalue weighted by Gasteiger charge is -2.37. The van der Waals surface area contributed by atoms with Gasteiger partial charge in [-0.05, 0) is 30.1 Å². The van der Waals surface area contributed by atoms with Crippen molar-refractivity contribution in [1.29, 1.82) is 0 Å². The van der Waals surface area contributed by atoms with Gasteiger partial charge in [0.2, 0.25) is 5.69 Å². The van der Waals surface area contributed by atoms with E-state index in [9.17, 15) is 23.1 Å². The molecule has 1 fully saturated rings. The third-order valence-electron chi connectivity index (χ3n) is 5.88. The molecule has 1 aliphatic carbocycles. The maximum absolute atomic E-state index is 13.7. The number of carbonyl (C=O) groups is 1.